The Kier molecular flexibility index (Phi) is 11.6. The quantitative estimate of drug-likeness (QED) is 0.113. The van der Waals surface area contributed by atoms with Crippen LogP contribution in [0.15, 0.2) is 48.5 Å². The molecule has 0 bridgehead atoms. The molecule has 2 rings (SSSR count). The summed E-state index contributed by atoms with van der Waals surface area (Å²) in [6, 6.07) is 5.46. The van der Waals surface area contributed by atoms with Gasteiger partial charge in [0.1, 0.15) is 29.6 Å². The average Bonchev–Trinajstić information content (AvgIpc) is 2.89. The number of amides is 4. The molecule has 4 amide bonds. The zero-order chi connectivity index (χ0) is 30.7. The minimum atomic E-state index is -1.79. The van der Waals surface area contributed by atoms with Crippen LogP contribution in [0.3, 0.4) is 0 Å². The summed E-state index contributed by atoms with van der Waals surface area (Å²) in [6.07, 6.45) is -1.86. The fourth-order valence-electron chi connectivity index (χ4n) is 3.66. The molecule has 15 heteroatoms. The Bertz CT molecular complexity index is 1270. The van der Waals surface area contributed by atoms with Crippen LogP contribution >= 0.6 is 0 Å². The lowest BCUT2D eigenvalue weighted by Crippen LogP contribution is -2.58. The van der Waals surface area contributed by atoms with Crippen molar-refractivity contribution in [3.05, 3.63) is 59.7 Å². The van der Waals surface area contributed by atoms with Crippen molar-refractivity contribution in [2.75, 3.05) is 0 Å². The smallest absolute Gasteiger partial charge is 0.326 e. The van der Waals surface area contributed by atoms with E-state index in [0.717, 1.165) is 0 Å². The lowest BCUT2D eigenvalue weighted by molar-refractivity contribution is -0.144. The predicted octanol–water partition coefficient (Wildman–Crippen LogP) is -1.90. The monoisotopic (exact) mass is 573 g/mol. The Balaban J connectivity index is 2.25. The summed E-state index contributed by atoms with van der Waals surface area (Å²) in [5.41, 5.74) is 12.1. The number of hydrogen-bond acceptors (Lipinski definition) is 9. The molecule has 0 aliphatic heterocycles. The number of carboxylic acids is 2. The molecule has 0 fully saturated rings. The summed E-state index contributed by atoms with van der Waals surface area (Å²) in [4.78, 5) is 72.8. The SMILES string of the molecule is NC(=O)CC(NC(=O)C(CC(=O)O)NC(=O)C(Cc1ccc(O)cc1)NC(=O)C(N)Cc1ccc(O)cc1)C(=O)O. The Morgan fingerprint density at radius 3 is 1.54 bits per heavy atom. The van der Waals surface area contributed by atoms with Gasteiger partial charge in [-0.1, -0.05) is 24.3 Å². The molecule has 220 valence electrons. The molecule has 0 aromatic heterocycles. The number of carboxylic acid groups (broad SMARTS) is 2. The highest BCUT2D eigenvalue weighted by Gasteiger charge is 2.32. The summed E-state index contributed by atoms with van der Waals surface area (Å²) in [5.74, 6) is -7.18. The topological polar surface area (TPSA) is 271 Å². The standard InChI is InChI=1S/C26H31N5O10/c27-17(9-13-1-5-15(32)6-2-13)23(37)29-18(10-14-3-7-16(33)8-4-14)24(38)30-19(12-22(35)36)25(39)31-20(26(40)41)11-21(28)34/h1-8,17-20,32-33H,9-12,27H2,(H2,28,34)(H,29,37)(H,30,38)(H,31,39)(H,35,36)(H,40,41). The third-order valence-corrected chi connectivity index (χ3v) is 5.77. The zero-order valence-electron chi connectivity index (χ0n) is 21.6. The number of benzene rings is 2. The number of aliphatic carboxylic acids is 2. The van der Waals surface area contributed by atoms with Crippen LogP contribution in [-0.4, -0.2) is 80.2 Å². The number of phenols is 2. The fourth-order valence-corrected chi connectivity index (χ4v) is 3.66. The van der Waals surface area contributed by atoms with E-state index in [1.807, 2.05) is 5.32 Å². The van der Waals surface area contributed by atoms with Crippen LogP contribution in [0.5, 0.6) is 11.5 Å². The van der Waals surface area contributed by atoms with Gasteiger partial charge in [-0.05, 0) is 41.8 Å². The second-order valence-corrected chi connectivity index (χ2v) is 9.14. The van der Waals surface area contributed by atoms with Crippen LogP contribution in [-0.2, 0) is 41.6 Å². The molecule has 41 heavy (non-hydrogen) atoms. The zero-order valence-corrected chi connectivity index (χ0v) is 21.6. The van der Waals surface area contributed by atoms with Gasteiger partial charge in [-0.25, -0.2) is 4.79 Å². The molecule has 0 spiro atoms. The van der Waals surface area contributed by atoms with Crippen molar-refractivity contribution in [2.45, 2.75) is 49.9 Å². The average molecular weight is 574 g/mol. The number of nitrogens with one attached hydrogen (secondary N) is 3. The van der Waals surface area contributed by atoms with E-state index in [9.17, 15) is 49.2 Å². The van der Waals surface area contributed by atoms with Gasteiger partial charge in [-0.3, -0.25) is 24.0 Å². The van der Waals surface area contributed by atoms with Crippen LogP contribution < -0.4 is 27.4 Å². The van der Waals surface area contributed by atoms with Gasteiger partial charge in [0.25, 0.3) is 0 Å². The minimum absolute atomic E-state index is 0.0154. The minimum Gasteiger partial charge on any atom is -0.508 e. The Morgan fingerprint density at radius 2 is 1.07 bits per heavy atom. The molecule has 0 saturated heterocycles. The molecular formula is C26H31N5O10. The van der Waals surface area contributed by atoms with E-state index in [0.29, 0.717) is 11.1 Å². The third kappa shape index (κ3) is 10.8. The summed E-state index contributed by atoms with van der Waals surface area (Å²) in [6.45, 7) is 0. The van der Waals surface area contributed by atoms with Gasteiger partial charge >= 0.3 is 11.9 Å². The molecule has 0 heterocycles. The van der Waals surface area contributed by atoms with Gasteiger partial charge in [0.15, 0.2) is 0 Å². The Labute approximate surface area is 233 Å². The van der Waals surface area contributed by atoms with Crippen LogP contribution in [0, 0.1) is 0 Å². The van der Waals surface area contributed by atoms with Crippen molar-refractivity contribution in [1.82, 2.24) is 16.0 Å². The molecular weight excluding hydrogens is 542 g/mol. The summed E-state index contributed by atoms with van der Waals surface area (Å²) < 4.78 is 0. The number of hydrogen-bond donors (Lipinski definition) is 9. The molecule has 0 aliphatic carbocycles. The first-order valence-corrected chi connectivity index (χ1v) is 12.2. The molecule has 2 aromatic rings. The highest BCUT2D eigenvalue weighted by Crippen LogP contribution is 2.13. The van der Waals surface area contributed by atoms with E-state index in [1.54, 1.807) is 12.1 Å². The molecule has 0 aliphatic rings. The van der Waals surface area contributed by atoms with Gasteiger partial charge < -0.3 is 47.8 Å². The first kappa shape index (κ1) is 32.0. The first-order valence-electron chi connectivity index (χ1n) is 12.2. The maximum Gasteiger partial charge on any atom is 0.326 e. The number of carbonyl (C=O) groups is 6. The van der Waals surface area contributed by atoms with E-state index in [-0.39, 0.29) is 24.3 Å². The Hall–Kier alpha value is -5.18. The number of carbonyl (C=O) groups excluding carboxylic acids is 4. The first-order chi connectivity index (χ1) is 19.2. The fraction of sp³-hybridized carbons (Fsp3) is 0.308. The Morgan fingerprint density at radius 1 is 0.634 bits per heavy atom. The van der Waals surface area contributed by atoms with Crippen molar-refractivity contribution in [3.8, 4) is 11.5 Å². The van der Waals surface area contributed by atoms with Crippen molar-refractivity contribution in [1.29, 1.82) is 0 Å². The number of aromatic hydroxyl groups is 2. The molecule has 15 nitrogen and oxygen atoms in total. The molecule has 4 unspecified atom stereocenters. The number of nitrogens with two attached hydrogens (primary N) is 2. The van der Waals surface area contributed by atoms with Crippen molar-refractivity contribution in [2.24, 2.45) is 11.5 Å². The highest BCUT2D eigenvalue weighted by atomic mass is 16.4. The van der Waals surface area contributed by atoms with E-state index < -0.39 is 72.6 Å². The number of primary amides is 1. The summed E-state index contributed by atoms with van der Waals surface area (Å²) >= 11 is 0. The van der Waals surface area contributed by atoms with Crippen LogP contribution in [0.25, 0.3) is 0 Å². The molecule has 0 radical (unpaired) electrons. The largest absolute Gasteiger partial charge is 0.508 e. The second-order valence-electron chi connectivity index (χ2n) is 9.14. The molecule has 4 atom stereocenters. The predicted molar refractivity (Wildman–Crippen MR) is 141 cm³/mol. The maximum absolute atomic E-state index is 13.3. The van der Waals surface area contributed by atoms with Crippen LogP contribution in [0.1, 0.15) is 24.0 Å². The van der Waals surface area contributed by atoms with Gasteiger partial charge in [-0.2, -0.15) is 0 Å². The highest BCUT2D eigenvalue weighted by molar-refractivity contribution is 5.96. The molecule has 0 saturated carbocycles. The molecule has 2 aromatic carbocycles. The van der Waals surface area contributed by atoms with Crippen molar-refractivity contribution in [3.63, 3.8) is 0 Å². The van der Waals surface area contributed by atoms with Gasteiger partial charge in [-0.15, -0.1) is 0 Å². The molecule has 11 N–H and O–H groups in total. The third-order valence-electron chi connectivity index (χ3n) is 5.77. The van der Waals surface area contributed by atoms with Gasteiger partial charge in [0.05, 0.1) is 18.9 Å². The second kappa shape index (κ2) is 14.8. The van der Waals surface area contributed by atoms with Crippen LogP contribution in [0.2, 0.25) is 0 Å². The van der Waals surface area contributed by atoms with E-state index in [2.05, 4.69) is 10.6 Å². The van der Waals surface area contributed by atoms with E-state index in [4.69, 9.17) is 11.5 Å². The van der Waals surface area contributed by atoms with E-state index in [1.165, 1.54) is 36.4 Å². The number of phenolic OH excluding ortho intramolecular Hbond substituents is 2. The summed E-state index contributed by atoms with van der Waals surface area (Å²) in [5, 5.41) is 44.1. The normalized spacial score (nSPS) is 13.6. The summed E-state index contributed by atoms with van der Waals surface area (Å²) in [7, 11) is 0. The maximum atomic E-state index is 13.3. The van der Waals surface area contributed by atoms with E-state index >= 15 is 0 Å². The van der Waals surface area contributed by atoms with Crippen molar-refractivity contribution < 1.29 is 49.2 Å². The van der Waals surface area contributed by atoms with Crippen LogP contribution in [0.4, 0.5) is 0 Å². The van der Waals surface area contributed by atoms with Gasteiger partial charge in [0.2, 0.25) is 23.6 Å². The van der Waals surface area contributed by atoms with Gasteiger partial charge in [0, 0.05) is 6.42 Å². The number of rotatable bonds is 15. The lowest BCUT2D eigenvalue weighted by Gasteiger charge is -2.24. The lowest BCUT2D eigenvalue weighted by atomic mass is 10.0. The van der Waals surface area contributed by atoms with Crippen molar-refractivity contribution >= 4 is 35.6 Å².